The van der Waals surface area contributed by atoms with Gasteiger partial charge in [-0.15, -0.1) is 0 Å². The van der Waals surface area contributed by atoms with Gasteiger partial charge in [-0.3, -0.25) is 9.59 Å². The average Bonchev–Trinajstić information content (AvgIpc) is 3.26. The van der Waals surface area contributed by atoms with E-state index in [1.54, 1.807) is 0 Å². The summed E-state index contributed by atoms with van der Waals surface area (Å²) in [7, 11) is 0. The monoisotopic (exact) mass is 400 g/mol. The summed E-state index contributed by atoms with van der Waals surface area (Å²) in [6.07, 6.45) is 5.90. The molecule has 0 spiro atoms. The summed E-state index contributed by atoms with van der Waals surface area (Å²) in [5.41, 5.74) is 3.04. The molecule has 0 bridgehead atoms. The minimum absolute atomic E-state index is 0.0789. The smallest absolute Gasteiger partial charge is 0.223 e. The molecule has 1 atom stereocenters. The van der Waals surface area contributed by atoms with Crippen LogP contribution >= 0.6 is 11.6 Å². The van der Waals surface area contributed by atoms with E-state index in [9.17, 15) is 14.0 Å². The zero-order chi connectivity index (χ0) is 20.0. The first kappa shape index (κ1) is 21.6. The second kappa shape index (κ2) is 9.49. The molecule has 0 aromatic heterocycles. The summed E-state index contributed by atoms with van der Waals surface area (Å²) in [4.78, 5) is 21.7. The van der Waals surface area contributed by atoms with E-state index in [1.165, 1.54) is 25.1 Å². The van der Waals surface area contributed by atoms with Gasteiger partial charge in [0.25, 0.3) is 0 Å². The summed E-state index contributed by atoms with van der Waals surface area (Å²) < 4.78 is 29.7. The summed E-state index contributed by atoms with van der Waals surface area (Å²) in [6.45, 7) is 1.31. The van der Waals surface area contributed by atoms with Crippen molar-refractivity contribution in [2.24, 2.45) is 11.7 Å². The van der Waals surface area contributed by atoms with Crippen LogP contribution in [0.1, 0.15) is 69.9 Å². The Balaban J connectivity index is 0.000000596. The Hall–Kier alpha value is -1.69. The minimum atomic E-state index is -1.60. The molecule has 7 heteroatoms. The lowest BCUT2D eigenvalue weighted by molar-refractivity contribution is -0.127. The highest BCUT2D eigenvalue weighted by Gasteiger charge is 2.45. The fourth-order valence-electron chi connectivity index (χ4n) is 3.92. The highest BCUT2D eigenvalue weighted by molar-refractivity contribution is 6.30. The van der Waals surface area contributed by atoms with Gasteiger partial charge >= 0.3 is 0 Å². The molecule has 0 radical (unpaired) electrons. The Bertz CT molecular complexity index is 668. The molecule has 2 amide bonds. The molecular weight excluding hydrogens is 374 g/mol. The van der Waals surface area contributed by atoms with Gasteiger partial charge in [-0.2, -0.15) is 0 Å². The number of primary amides is 1. The van der Waals surface area contributed by atoms with Crippen molar-refractivity contribution >= 4 is 23.4 Å². The lowest BCUT2D eigenvalue weighted by atomic mass is 9.87. The predicted octanol–water partition coefficient (Wildman–Crippen LogP) is 4.60. The van der Waals surface area contributed by atoms with Crippen LogP contribution in [0.25, 0.3) is 0 Å². The van der Waals surface area contributed by atoms with E-state index < -0.39 is 17.5 Å². The number of alkyl halides is 1. The van der Waals surface area contributed by atoms with Crippen LogP contribution in [0.5, 0.6) is 0 Å². The molecule has 0 saturated heterocycles. The number of halogens is 3. The van der Waals surface area contributed by atoms with E-state index in [-0.39, 0.29) is 23.3 Å². The molecule has 0 heterocycles. The third-order valence-corrected chi connectivity index (χ3v) is 5.47. The minimum Gasteiger partial charge on any atom is -0.370 e. The SMILES string of the molecule is CC(N)=O.O=C(NC(c1cc(Cl)ccc1F)C1(F)CCCC1)C1CCCC1. The van der Waals surface area contributed by atoms with Gasteiger partial charge in [-0.1, -0.05) is 37.3 Å². The fourth-order valence-corrected chi connectivity index (χ4v) is 4.10. The van der Waals surface area contributed by atoms with Crippen molar-refractivity contribution < 1.29 is 18.4 Å². The van der Waals surface area contributed by atoms with Crippen LogP contribution in [0.4, 0.5) is 8.78 Å². The molecule has 150 valence electrons. The second-order valence-corrected chi connectivity index (χ2v) is 7.88. The molecule has 3 N–H and O–H groups in total. The summed E-state index contributed by atoms with van der Waals surface area (Å²) in [5.74, 6) is -1.09. The zero-order valence-corrected chi connectivity index (χ0v) is 16.3. The number of amides is 2. The van der Waals surface area contributed by atoms with Gasteiger partial charge in [0.05, 0.1) is 6.04 Å². The van der Waals surface area contributed by atoms with Gasteiger partial charge < -0.3 is 11.1 Å². The van der Waals surface area contributed by atoms with Crippen molar-refractivity contribution in [3.8, 4) is 0 Å². The van der Waals surface area contributed by atoms with Crippen molar-refractivity contribution in [1.29, 1.82) is 0 Å². The van der Waals surface area contributed by atoms with Crippen molar-refractivity contribution in [1.82, 2.24) is 5.32 Å². The maximum absolute atomic E-state index is 15.4. The van der Waals surface area contributed by atoms with Crippen LogP contribution in [0.2, 0.25) is 5.02 Å². The summed E-state index contributed by atoms with van der Waals surface area (Å²) >= 11 is 5.97. The van der Waals surface area contributed by atoms with E-state index in [0.717, 1.165) is 38.5 Å². The van der Waals surface area contributed by atoms with Crippen molar-refractivity contribution in [2.75, 3.05) is 0 Å². The van der Waals surface area contributed by atoms with Crippen molar-refractivity contribution in [3.05, 3.63) is 34.6 Å². The Kier molecular flexibility index (Phi) is 7.59. The molecule has 1 unspecified atom stereocenters. The Morgan fingerprint density at radius 1 is 1.22 bits per heavy atom. The van der Waals surface area contributed by atoms with Crippen LogP contribution in [-0.4, -0.2) is 17.5 Å². The first-order valence-electron chi connectivity index (χ1n) is 9.43. The molecule has 27 heavy (non-hydrogen) atoms. The largest absolute Gasteiger partial charge is 0.370 e. The Labute approximate surface area is 163 Å². The molecule has 2 saturated carbocycles. The van der Waals surface area contributed by atoms with Gasteiger partial charge in [0.2, 0.25) is 11.8 Å². The maximum atomic E-state index is 15.4. The van der Waals surface area contributed by atoms with Gasteiger partial charge in [-0.05, 0) is 43.9 Å². The summed E-state index contributed by atoms with van der Waals surface area (Å²) in [5, 5.41) is 3.16. The third-order valence-electron chi connectivity index (χ3n) is 5.23. The standard InChI is InChI=1S/C18H22ClF2NO.C2H5NO/c19-13-7-8-15(20)14(11-13)16(18(21)9-3-4-10-18)22-17(23)12-5-1-2-6-12;1-2(3)4/h7-8,11-12,16H,1-6,9-10H2,(H,22,23);1H3,(H2,3,4). The Morgan fingerprint density at radius 3 is 2.33 bits per heavy atom. The van der Waals surface area contributed by atoms with E-state index in [4.69, 9.17) is 11.6 Å². The number of carbonyl (C=O) groups excluding carboxylic acids is 2. The topological polar surface area (TPSA) is 72.2 Å². The molecule has 1 aromatic carbocycles. The summed E-state index contributed by atoms with van der Waals surface area (Å²) in [6, 6.07) is 3.16. The van der Waals surface area contributed by atoms with Gasteiger partial charge in [0, 0.05) is 23.4 Å². The van der Waals surface area contributed by atoms with E-state index in [2.05, 4.69) is 11.1 Å². The molecule has 4 nitrogen and oxygen atoms in total. The molecule has 1 aromatic rings. The molecule has 2 fully saturated rings. The van der Waals surface area contributed by atoms with Crippen LogP contribution < -0.4 is 11.1 Å². The number of hydrogen-bond donors (Lipinski definition) is 2. The highest BCUT2D eigenvalue weighted by atomic mass is 35.5. The van der Waals surface area contributed by atoms with Crippen LogP contribution in [0, 0.1) is 11.7 Å². The molecule has 3 rings (SSSR count). The maximum Gasteiger partial charge on any atom is 0.223 e. The van der Waals surface area contributed by atoms with Gasteiger partial charge in [0.1, 0.15) is 11.5 Å². The first-order valence-corrected chi connectivity index (χ1v) is 9.81. The number of benzene rings is 1. The first-order chi connectivity index (χ1) is 12.7. The van der Waals surface area contributed by atoms with Crippen molar-refractivity contribution in [2.45, 2.75) is 70.0 Å². The Morgan fingerprint density at radius 2 is 1.78 bits per heavy atom. The lowest BCUT2D eigenvalue weighted by Crippen LogP contribution is -2.44. The number of nitrogens with one attached hydrogen (secondary N) is 1. The zero-order valence-electron chi connectivity index (χ0n) is 15.6. The van der Waals surface area contributed by atoms with Crippen LogP contribution in [0.3, 0.4) is 0 Å². The van der Waals surface area contributed by atoms with Crippen LogP contribution in [0.15, 0.2) is 18.2 Å². The average molecular weight is 401 g/mol. The molecule has 2 aliphatic carbocycles. The van der Waals surface area contributed by atoms with Crippen LogP contribution in [-0.2, 0) is 9.59 Å². The van der Waals surface area contributed by atoms with E-state index >= 15 is 4.39 Å². The molecule has 2 aliphatic rings. The van der Waals surface area contributed by atoms with E-state index in [0.29, 0.717) is 17.9 Å². The second-order valence-electron chi connectivity index (χ2n) is 7.44. The number of rotatable bonds is 4. The van der Waals surface area contributed by atoms with Crippen molar-refractivity contribution in [3.63, 3.8) is 0 Å². The fraction of sp³-hybridized carbons (Fsp3) is 0.600. The highest BCUT2D eigenvalue weighted by Crippen LogP contribution is 2.44. The lowest BCUT2D eigenvalue weighted by Gasteiger charge is -2.32. The van der Waals surface area contributed by atoms with Gasteiger partial charge in [-0.25, -0.2) is 8.78 Å². The quantitative estimate of drug-likeness (QED) is 0.775. The van der Waals surface area contributed by atoms with Gasteiger partial charge in [0.15, 0.2) is 0 Å². The van der Waals surface area contributed by atoms with E-state index in [1.807, 2.05) is 0 Å². The predicted molar refractivity (Wildman–Crippen MR) is 101 cm³/mol. The molecule has 0 aliphatic heterocycles. The number of carbonyl (C=O) groups is 2. The normalized spacial score (nSPS) is 19.9. The molecular formula is C20H27ClF2N2O2. The number of hydrogen-bond acceptors (Lipinski definition) is 2. The third kappa shape index (κ3) is 5.89. The number of nitrogens with two attached hydrogens (primary N) is 1.